The Kier molecular flexibility index (Phi) is 9.81. The van der Waals surface area contributed by atoms with Crippen molar-refractivity contribution < 1.29 is 0 Å². The van der Waals surface area contributed by atoms with Crippen molar-refractivity contribution in [2.75, 3.05) is 26.2 Å². The van der Waals surface area contributed by atoms with Gasteiger partial charge in [-0.05, 0) is 52.5 Å². The number of piperidine rings is 1. The van der Waals surface area contributed by atoms with Crippen LogP contribution in [-0.4, -0.2) is 57.8 Å². The molecule has 3 heterocycles. The number of aliphatic imine (C=N–C) groups is 1. The van der Waals surface area contributed by atoms with Crippen LogP contribution in [0.2, 0.25) is 0 Å². The highest BCUT2D eigenvalue weighted by molar-refractivity contribution is 14.0. The average molecular weight is 489 g/mol. The van der Waals surface area contributed by atoms with E-state index < -0.39 is 0 Å². The van der Waals surface area contributed by atoms with E-state index in [1.165, 1.54) is 45.2 Å². The van der Waals surface area contributed by atoms with Crippen molar-refractivity contribution >= 4 is 29.9 Å². The van der Waals surface area contributed by atoms with Gasteiger partial charge in [0, 0.05) is 38.6 Å². The van der Waals surface area contributed by atoms with Crippen LogP contribution in [0.25, 0.3) is 0 Å². The summed E-state index contributed by atoms with van der Waals surface area (Å²) in [5.74, 6) is 2.99. The summed E-state index contributed by atoms with van der Waals surface area (Å²) in [4.78, 5) is 7.34. The van der Waals surface area contributed by atoms with E-state index in [2.05, 4.69) is 44.1 Å². The quantitative estimate of drug-likeness (QED) is 0.267. The van der Waals surface area contributed by atoms with E-state index in [0.29, 0.717) is 6.54 Å². The lowest BCUT2D eigenvalue weighted by Crippen LogP contribution is -2.41. The number of hydrogen-bond donors (Lipinski definition) is 2. The largest absolute Gasteiger partial charge is 0.357 e. The molecule has 27 heavy (non-hydrogen) atoms. The predicted octanol–water partition coefficient (Wildman–Crippen LogP) is 2.55. The Labute approximate surface area is 180 Å². The molecular weight excluding hydrogens is 453 g/mol. The second-order valence-corrected chi connectivity index (χ2v) is 7.50. The van der Waals surface area contributed by atoms with Gasteiger partial charge in [-0.25, -0.2) is 4.99 Å². The average Bonchev–Trinajstić information content (AvgIpc) is 3.07. The summed E-state index contributed by atoms with van der Waals surface area (Å²) >= 11 is 0. The fourth-order valence-corrected chi connectivity index (χ4v) is 3.96. The van der Waals surface area contributed by atoms with E-state index in [1.54, 1.807) is 0 Å². The molecule has 0 spiro atoms. The van der Waals surface area contributed by atoms with Crippen LogP contribution >= 0.6 is 24.0 Å². The van der Waals surface area contributed by atoms with Crippen molar-refractivity contribution in [3.8, 4) is 0 Å². The van der Waals surface area contributed by atoms with Gasteiger partial charge in [0.2, 0.25) is 0 Å². The molecule has 3 rings (SSSR count). The lowest BCUT2D eigenvalue weighted by atomic mass is 10.0. The smallest absolute Gasteiger partial charge is 0.191 e. The summed E-state index contributed by atoms with van der Waals surface area (Å²) in [7, 11) is 0. The maximum atomic E-state index is 4.72. The Morgan fingerprint density at radius 3 is 2.81 bits per heavy atom. The van der Waals surface area contributed by atoms with Gasteiger partial charge in [0.1, 0.15) is 12.4 Å². The fourth-order valence-electron chi connectivity index (χ4n) is 3.96. The first-order valence-corrected chi connectivity index (χ1v) is 10.4. The van der Waals surface area contributed by atoms with Crippen molar-refractivity contribution in [3.63, 3.8) is 0 Å². The van der Waals surface area contributed by atoms with E-state index >= 15 is 0 Å². The summed E-state index contributed by atoms with van der Waals surface area (Å²) in [5, 5.41) is 15.5. The monoisotopic (exact) mass is 489 g/mol. The van der Waals surface area contributed by atoms with Gasteiger partial charge in [0.15, 0.2) is 11.8 Å². The standard InChI is InChI=1S/C19H35N7.HI/c1-3-20-19(21-11-8-13-25-12-6-4-9-16(25)2)22-15-18-24-23-17-10-5-7-14-26(17)18;/h16H,3-15H2,1-2H3,(H2,20,21,22);1H. The summed E-state index contributed by atoms with van der Waals surface area (Å²) < 4.78 is 2.24. The number of nitrogens with one attached hydrogen (secondary N) is 2. The molecule has 8 heteroatoms. The maximum Gasteiger partial charge on any atom is 0.191 e. The first-order chi connectivity index (χ1) is 12.8. The SMILES string of the molecule is CCNC(=NCc1nnc2n1CCCC2)NCCCN1CCCCC1C.I. The summed E-state index contributed by atoms with van der Waals surface area (Å²) in [6.45, 7) is 10.3. The van der Waals surface area contributed by atoms with E-state index in [9.17, 15) is 0 Å². The third kappa shape index (κ3) is 6.58. The molecular formula is C19H36IN7. The van der Waals surface area contributed by atoms with Gasteiger partial charge in [0.25, 0.3) is 0 Å². The van der Waals surface area contributed by atoms with Crippen molar-refractivity contribution in [3.05, 3.63) is 11.6 Å². The lowest BCUT2D eigenvalue weighted by Gasteiger charge is -2.33. The third-order valence-electron chi connectivity index (χ3n) is 5.51. The zero-order valence-electron chi connectivity index (χ0n) is 16.9. The summed E-state index contributed by atoms with van der Waals surface area (Å²) in [5.41, 5.74) is 0. The topological polar surface area (TPSA) is 70.4 Å². The van der Waals surface area contributed by atoms with Gasteiger partial charge in [-0.2, -0.15) is 0 Å². The fraction of sp³-hybridized carbons (Fsp3) is 0.842. The van der Waals surface area contributed by atoms with Crippen LogP contribution in [0, 0.1) is 0 Å². The molecule has 0 aliphatic carbocycles. The Balaban J connectivity index is 0.00000261. The first-order valence-electron chi connectivity index (χ1n) is 10.4. The van der Waals surface area contributed by atoms with Gasteiger partial charge in [-0.3, -0.25) is 0 Å². The highest BCUT2D eigenvalue weighted by Crippen LogP contribution is 2.16. The highest BCUT2D eigenvalue weighted by Gasteiger charge is 2.17. The number of hydrogen-bond acceptors (Lipinski definition) is 4. The highest BCUT2D eigenvalue weighted by atomic mass is 127. The molecule has 1 aromatic heterocycles. The molecule has 1 atom stereocenters. The molecule has 0 bridgehead atoms. The first kappa shape index (κ1) is 22.4. The van der Waals surface area contributed by atoms with Gasteiger partial charge >= 0.3 is 0 Å². The second kappa shape index (κ2) is 11.8. The number of fused-ring (bicyclic) bond motifs is 1. The number of halogens is 1. The molecule has 2 N–H and O–H groups in total. The minimum Gasteiger partial charge on any atom is -0.357 e. The zero-order chi connectivity index (χ0) is 18.2. The van der Waals surface area contributed by atoms with Crippen LogP contribution in [0.4, 0.5) is 0 Å². The van der Waals surface area contributed by atoms with E-state index in [0.717, 1.165) is 56.1 Å². The van der Waals surface area contributed by atoms with Gasteiger partial charge in [0.05, 0.1) is 0 Å². The Morgan fingerprint density at radius 1 is 1.15 bits per heavy atom. The predicted molar refractivity (Wildman–Crippen MR) is 121 cm³/mol. The molecule has 2 aliphatic heterocycles. The van der Waals surface area contributed by atoms with Crippen molar-refractivity contribution in [2.45, 2.75) is 77.9 Å². The van der Waals surface area contributed by atoms with Crippen molar-refractivity contribution in [2.24, 2.45) is 4.99 Å². The molecule has 1 saturated heterocycles. The van der Waals surface area contributed by atoms with Gasteiger partial charge < -0.3 is 20.1 Å². The minimum absolute atomic E-state index is 0. The Hall–Kier alpha value is -0.900. The normalized spacial score (nSPS) is 20.7. The minimum atomic E-state index is 0. The lowest BCUT2D eigenvalue weighted by molar-refractivity contribution is 0.159. The summed E-state index contributed by atoms with van der Waals surface area (Å²) in [6.07, 6.45) is 8.72. The zero-order valence-corrected chi connectivity index (χ0v) is 19.2. The van der Waals surface area contributed by atoms with E-state index in [-0.39, 0.29) is 24.0 Å². The van der Waals surface area contributed by atoms with Crippen LogP contribution < -0.4 is 10.6 Å². The van der Waals surface area contributed by atoms with Crippen LogP contribution in [0.3, 0.4) is 0 Å². The Bertz CT molecular complexity index is 587. The van der Waals surface area contributed by atoms with Crippen LogP contribution in [0.5, 0.6) is 0 Å². The molecule has 0 saturated carbocycles. The molecule has 1 aromatic rings. The Morgan fingerprint density at radius 2 is 2.00 bits per heavy atom. The molecule has 2 aliphatic rings. The van der Waals surface area contributed by atoms with E-state index in [1.807, 2.05) is 0 Å². The molecule has 0 amide bonds. The van der Waals surface area contributed by atoms with Crippen LogP contribution in [0.1, 0.15) is 64.0 Å². The molecule has 0 radical (unpaired) electrons. The van der Waals surface area contributed by atoms with Crippen molar-refractivity contribution in [1.82, 2.24) is 30.3 Å². The van der Waals surface area contributed by atoms with E-state index in [4.69, 9.17) is 4.99 Å². The number of aromatic nitrogens is 3. The van der Waals surface area contributed by atoms with Gasteiger partial charge in [-0.1, -0.05) is 6.42 Å². The number of nitrogens with zero attached hydrogens (tertiary/aromatic N) is 5. The molecule has 154 valence electrons. The van der Waals surface area contributed by atoms with Crippen LogP contribution in [0.15, 0.2) is 4.99 Å². The summed E-state index contributed by atoms with van der Waals surface area (Å²) in [6, 6.07) is 0.741. The second-order valence-electron chi connectivity index (χ2n) is 7.50. The number of guanidine groups is 1. The number of aryl methyl sites for hydroxylation is 1. The van der Waals surface area contributed by atoms with Gasteiger partial charge in [-0.15, -0.1) is 34.2 Å². The van der Waals surface area contributed by atoms with Crippen molar-refractivity contribution in [1.29, 1.82) is 0 Å². The molecule has 1 unspecified atom stereocenters. The number of likely N-dealkylation sites (tertiary alicyclic amines) is 1. The molecule has 7 nitrogen and oxygen atoms in total. The van der Waals surface area contributed by atoms with Crippen LogP contribution in [-0.2, 0) is 19.5 Å². The number of rotatable bonds is 7. The molecule has 1 fully saturated rings. The molecule has 0 aromatic carbocycles. The maximum absolute atomic E-state index is 4.72. The third-order valence-corrected chi connectivity index (χ3v) is 5.51.